The second-order valence-electron chi connectivity index (χ2n) is 7.40. The summed E-state index contributed by atoms with van der Waals surface area (Å²) in [6, 6.07) is 14.4. The van der Waals surface area contributed by atoms with Crippen molar-refractivity contribution in [1.29, 1.82) is 0 Å². The van der Waals surface area contributed by atoms with E-state index >= 15 is 0 Å². The molecule has 2 N–H and O–H groups in total. The molecule has 0 heterocycles. The highest BCUT2D eigenvalue weighted by Crippen LogP contribution is 2.14. The van der Waals surface area contributed by atoms with E-state index in [1.165, 1.54) is 4.90 Å². The summed E-state index contributed by atoms with van der Waals surface area (Å²) in [5, 5.41) is 5.71. The lowest BCUT2D eigenvalue weighted by atomic mass is 10.2. The monoisotopic (exact) mass is 410 g/mol. The van der Waals surface area contributed by atoms with E-state index in [-0.39, 0.29) is 30.8 Å². The number of amides is 3. The SMILES string of the molecule is CCCN(CC(=O)Nc1cccc(C(=O)N(C)C)c1)CC(=O)Nc1ccccc1C. The molecular weight excluding hydrogens is 380 g/mol. The molecule has 0 spiro atoms. The van der Waals surface area contributed by atoms with Gasteiger partial charge in [-0.2, -0.15) is 0 Å². The average molecular weight is 411 g/mol. The predicted molar refractivity (Wildman–Crippen MR) is 120 cm³/mol. The zero-order valence-corrected chi connectivity index (χ0v) is 18.1. The molecule has 0 aliphatic heterocycles. The third-order valence-corrected chi connectivity index (χ3v) is 4.49. The highest BCUT2D eigenvalue weighted by atomic mass is 16.2. The van der Waals surface area contributed by atoms with Gasteiger partial charge in [0.15, 0.2) is 0 Å². The van der Waals surface area contributed by atoms with Crippen molar-refractivity contribution < 1.29 is 14.4 Å². The molecule has 2 aromatic rings. The van der Waals surface area contributed by atoms with Gasteiger partial charge >= 0.3 is 0 Å². The van der Waals surface area contributed by atoms with Crippen LogP contribution in [0.25, 0.3) is 0 Å². The highest BCUT2D eigenvalue weighted by Gasteiger charge is 2.16. The van der Waals surface area contributed by atoms with Crippen LogP contribution in [0.3, 0.4) is 0 Å². The van der Waals surface area contributed by atoms with E-state index in [4.69, 9.17) is 0 Å². The summed E-state index contributed by atoms with van der Waals surface area (Å²) in [5.74, 6) is -0.530. The van der Waals surface area contributed by atoms with Gasteiger partial charge in [-0.3, -0.25) is 19.3 Å². The number of para-hydroxylation sites is 1. The molecule has 0 saturated carbocycles. The average Bonchev–Trinajstić information content (AvgIpc) is 2.69. The predicted octanol–water partition coefficient (Wildman–Crippen LogP) is 2.99. The van der Waals surface area contributed by atoms with E-state index in [9.17, 15) is 14.4 Å². The van der Waals surface area contributed by atoms with Crippen molar-refractivity contribution in [3.63, 3.8) is 0 Å². The normalized spacial score (nSPS) is 10.6. The van der Waals surface area contributed by atoms with Gasteiger partial charge in [-0.1, -0.05) is 31.2 Å². The molecule has 30 heavy (non-hydrogen) atoms. The molecule has 0 radical (unpaired) electrons. The summed E-state index contributed by atoms with van der Waals surface area (Å²) in [6.45, 7) is 4.76. The molecule has 0 unspecified atom stereocenters. The van der Waals surface area contributed by atoms with Crippen LogP contribution in [0.2, 0.25) is 0 Å². The van der Waals surface area contributed by atoms with Crippen molar-refractivity contribution in [1.82, 2.24) is 9.80 Å². The van der Waals surface area contributed by atoms with Crippen LogP contribution in [0.5, 0.6) is 0 Å². The van der Waals surface area contributed by atoms with Crippen molar-refractivity contribution >= 4 is 29.1 Å². The Labute approximate surface area is 178 Å². The van der Waals surface area contributed by atoms with Crippen LogP contribution < -0.4 is 10.6 Å². The van der Waals surface area contributed by atoms with Gasteiger partial charge in [0.2, 0.25) is 11.8 Å². The zero-order chi connectivity index (χ0) is 22.1. The molecule has 2 aromatic carbocycles. The lowest BCUT2D eigenvalue weighted by Gasteiger charge is -2.21. The second kappa shape index (κ2) is 11.1. The number of rotatable bonds is 9. The third kappa shape index (κ3) is 7.00. The molecule has 0 aliphatic carbocycles. The third-order valence-electron chi connectivity index (χ3n) is 4.49. The van der Waals surface area contributed by atoms with E-state index in [0.717, 1.165) is 17.7 Å². The second-order valence-corrected chi connectivity index (χ2v) is 7.40. The molecule has 7 heteroatoms. The van der Waals surface area contributed by atoms with Crippen LogP contribution in [0.15, 0.2) is 48.5 Å². The number of anilines is 2. The number of nitrogens with zero attached hydrogens (tertiary/aromatic N) is 2. The summed E-state index contributed by atoms with van der Waals surface area (Å²) in [5.41, 5.74) is 2.80. The lowest BCUT2D eigenvalue weighted by molar-refractivity contribution is -0.120. The number of nitrogens with one attached hydrogen (secondary N) is 2. The molecule has 3 amide bonds. The lowest BCUT2D eigenvalue weighted by Crippen LogP contribution is -2.39. The quantitative estimate of drug-likeness (QED) is 0.666. The molecule has 0 saturated heterocycles. The topological polar surface area (TPSA) is 81.8 Å². The first-order valence-corrected chi connectivity index (χ1v) is 9.99. The Kier molecular flexibility index (Phi) is 8.55. The van der Waals surface area contributed by atoms with Crippen LogP contribution in [-0.2, 0) is 9.59 Å². The molecule has 0 aromatic heterocycles. The van der Waals surface area contributed by atoms with Crippen molar-refractivity contribution in [2.75, 3.05) is 44.4 Å². The molecule has 2 rings (SSSR count). The maximum Gasteiger partial charge on any atom is 0.253 e. The molecule has 0 bridgehead atoms. The first-order chi connectivity index (χ1) is 14.3. The van der Waals surface area contributed by atoms with E-state index in [1.807, 2.05) is 38.1 Å². The fraction of sp³-hybridized carbons (Fsp3) is 0.348. The van der Waals surface area contributed by atoms with Gasteiger partial charge in [-0.15, -0.1) is 0 Å². The van der Waals surface area contributed by atoms with Crippen molar-refractivity contribution in [3.05, 3.63) is 59.7 Å². The van der Waals surface area contributed by atoms with E-state index < -0.39 is 0 Å². The van der Waals surface area contributed by atoms with Gasteiger partial charge in [0, 0.05) is 31.0 Å². The number of hydrogen-bond donors (Lipinski definition) is 2. The van der Waals surface area contributed by atoms with E-state index in [0.29, 0.717) is 17.8 Å². The largest absolute Gasteiger partial charge is 0.345 e. The summed E-state index contributed by atoms with van der Waals surface area (Å²) < 4.78 is 0. The van der Waals surface area contributed by atoms with Gasteiger partial charge in [-0.05, 0) is 49.7 Å². The summed E-state index contributed by atoms with van der Waals surface area (Å²) in [4.78, 5) is 40.4. The van der Waals surface area contributed by atoms with Crippen LogP contribution in [0.4, 0.5) is 11.4 Å². The molecule has 7 nitrogen and oxygen atoms in total. The maximum absolute atomic E-state index is 12.5. The van der Waals surface area contributed by atoms with Gasteiger partial charge in [0.25, 0.3) is 5.91 Å². The van der Waals surface area contributed by atoms with Crippen molar-refractivity contribution in [2.24, 2.45) is 0 Å². The summed E-state index contributed by atoms with van der Waals surface area (Å²) in [6.07, 6.45) is 0.817. The first kappa shape index (κ1) is 23.1. The molecule has 0 fully saturated rings. The number of aryl methyl sites for hydroxylation is 1. The van der Waals surface area contributed by atoms with Gasteiger partial charge < -0.3 is 15.5 Å². The standard InChI is InChI=1S/C23H30N4O3/c1-5-13-27(16-22(29)25-20-12-7-6-9-17(20)2)15-21(28)24-19-11-8-10-18(14-19)23(30)26(3)4/h6-12,14H,5,13,15-16H2,1-4H3,(H,24,28)(H,25,29). The number of carbonyl (C=O) groups is 3. The van der Waals surface area contributed by atoms with Crippen LogP contribution in [0, 0.1) is 6.92 Å². The van der Waals surface area contributed by atoms with Crippen LogP contribution in [-0.4, -0.2) is 61.3 Å². The highest BCUT2D eigenvalue weighted by molar-refractivity contribution is 5.98. The minimum absolute atomic E-state index is 0.0842. The number of hydrogen-bond acceptors (Lipinski definition) is 4. The minimum atomic E-state index is -0.235. The smallest absolute Gasteiger partial charge is 0.253 e. The van der Waals surface area contributed by atoms with Crippen molar-refractivity contribution in [2.45, 2.75) is 20.3 Å². The maximum atomic E-state index is 12.5. The van der Waals surface area contributed by atoms with Crippen molar-refractivity contribution in [3.8, 4) is 0 Å². The number of carbonyl (C=O) groups excluding carboxylic acids is 3. The Balaban J connectivity index is 1.96. The molecular formula is C23H30N4O3. The fourth-order valence-electron chi connectivity index (χ4n) is 3.03. The van der Waals surface area contributed by atoms with Crippen LogP contribution >= 0.6 is 0 Å². The zero-order valence-electron chi connectivity index (χ0n) is 18.1. The Bertz CT molecular complexity index is 896. The summed E-state index contributed by atoms with van der Waals surface area (Å²) in [7, 11) is 3.36. The fourth-order valence-corrected chi connectivity index (χ4v) is 3.03. The Hall–Kier alpha value is -3.19. The van der Waals surface area contributed by atoms with Gasteiger partial charge in [-0.25, -0.2) is 0 Å². The molecule has 160 valence electrons. The van der Waals surface area contributed by atoms with Crippen LogP contribution in [0.1, 0.15) is 29.3 Å². The van der Waals surface area contributed by atoms with E-state index in [1.54, 1.807) is 43.3 Å². The molecule has 0 aliphatic rings. The summed E-state index contributed by atoms with van der Waals surface area (Å²) >= 11 is 0. The Morgan fingerprint density at radius 2 is 1.57 bits per heavy atom. The van der Waals surface area contributed by atoms with Gasteiger partial charge in [0.05, 0.1) is 13.1 Å². The Morgan fingerprint density at radius 3 is 2.20 bits per heavy atom. The number of benzene rings is 2. The Morgan fingerprint density at radius 1 is 0.900 bits per heavy atom. The van der Waals surface area contributed by atoms with Gasteiger partial charge in [0.1, 0.15) is 0 Å². The van der Waals surface area contributed by atoms with E-state index in [2.05, 4.69) is 10.6 Å². The minimum Gasteiger partial charge on any atom is -0.345 e. The first-order valence-electron chi connectivity index (χ1n) is 9.99. The molecule has 0 atom stereocenters.